The number of benzene rings is 2. The largest absolute Gasteiger partial charge is 0.467 e. The van der Waals surface area contributed by atoms with E-state index < -0.39 is 5.54 Å². The smallest absolute Gasteiger partial charge is 0.335 e. The number of carbonyl (C=O) groups is 1. The molecule has 1 aliphatic carbocycles. The van der Waals surface area contributed by atoms with Crippen molar-refractivity contribution in [2.75, 3.05) is 21.2 Å². The van der Waals surface area contributed by atoms with E-state index in [9.17, 15) is 4.79 Å². The summed E-state index contributed by atoms with van der Waals surface area (Å²) in [7, 11) is 5.27. The molecule has 0 saturated carbocycles. The van der Waals surface area contributed by atoms with Crippen LogP contribution in [0.1, 0.15) is 11.1 Å². The number of rotatable bonds is 2. The number of methoxy groups -OCH3 is 1. The van der Waals surface area contributed by atoms with Crippen LogP contribution in [0.15, 0.2) is 48.5 Å². The van der Waals surface area contributed by atoms with Crippen LogP contribution in [-0.4, -0.2) is 32.1 Å². The van der Waals surface area contributed by atoms with Gasteiger partial charge in [0.15, 0.2) is 5.54 Å². The van der Waals surface area contributed by atoms with Gasteiger partial charge in [0.1, 0.15) is 0 Å². The van der Waals surface area contributed by atoms with Crippen molar-refractivity contribution in [1.82, 2.24) is 4.90 Å². The van der Waals surface area contributed by atoms with Crippen LogP contribution in [0.25, 0.3) is 11.1 Å². The molecule has 0 N–H and O–H groups in total. The molecule has 102 valence electrons. The third-order valence-corrected chi connectivity index (χ3v) is 4.08. The summed E-state index contributed by atoms with van der Waals surface area (Å²) in [6.07, 6.45) is 0. The van der Waals surface area contributed by atoms with Crippen LogP contribution in [0.5, 0.6) is 0 Å². The first-order valence-corrected chi connectivity index (χ1v) is 6.59. The van der Waals surface area contributed by atoms with E-state index in [0.29, 0.717) is 0 Å². The van der Waals surface area contributed by atoms with Crippen molar-refractivity contribution in [3.63, 3.8) is 0 Å². The highest BCUT2D eigenvalue weighted by molar-refractivity contribution is 5.97. The fraction of sp³-hybridized carbons (Fsp3) is 0.235. The van der Waals surface area contributed by atoms with Gasteiger partial charge in [0.25, 0.3) is 0 Å². The molecule has 0 heterocycles. The van der Waals surface area contributed by atoms with E-state index in [2.05, 4.69) is 12.1 Å². The lowest BCUT2D eigenvalue weighted by atomic mass is 9.86. The van der Waals surface area contributed by atoms with Crippen molar-refractivity contribution in [1.29, 1.82) is 0 Å². The molecular formula is C17H17NO2. The van der Waals surface area contributed by atoms with E-state index in [0.717, 1.165) is 22.3 Å². The zero-order valence-corrected chi connectivity index (χ0v) is 11.9. The Balaban J connectivity index is 2.43. The minimum absolute atomic E-state index is 0.250. The molecule has 0 atom stereocenters. The number of fused-ring (bicyclic) bond motifs is 3. The Hall–Kier alpha value is -2.13. The Morgan fingerprint density at radius 3 is 1.80 bits per heavy atom. The van der Waals surface area contributed by atoms with Crippen molar-refractivity contribution in [2.24, 2.45) is 0 Å². The van der Waals surface area contributed by atoms with Crippen LogP contribution >= 0.6 is 0 Å². The summed E-state index contributed by atoms with van der Waals surface area (Å²) in [4.78, 5) is 14.6. The molecule has 3 rings (SSSR count). The van der Waals surface area contributed by atoms with E-state index in [1.807, 2.05) is 55.4 Å². The van der Waals surface area contributed by atoms with Gasteiger partial charge in [-0.05, 0) is 36.3 Å². The first-order chi connectivity index (χ1) is 9.64. The quantitative estimate of drug-likeness (QED) is 0.783. The third-order valence-electron chi connectivity index (χ3n) is 4.08. The molecule has 0 aromatic heterocycles. The average Bonchev–Trinajstić information content (AvgIpc) is 2.78. The number of carbonyl (C=O) groups excluding carboxylic acids is 1. The van der Waals surface area contributed by atoms with Crippen LogP contribution in [0.4, 0.5) is 0 Å². The third kappa shape index (κ3) is 1.41. The van der Waals surface area contributed by atoms with Crippen molar-refractivity contribution in [3.05, 3.63) is 59.7 Å². The van der Waals surface area contributed by atoms with Crippen LogP contribution in [0.2, 0.25) is 0 Å². The monoisotopic (exact) mass is 267 g/mol. The molecule has 3 heteroatoms. The molecule has 2 aromatic carbocycles. The maximum Gasteiger partial charge on any atom is 0.335 e. The lowest BCUT2D eigenvalue weighted by Gasteiger charge is -2.35. The van der Waals surface area contributed by atoms with Gasteiger partial charge >= 0.3 is 5.97 Å². The highest BCUT2D eigenvalue weighted by atomic mass is 16.5. The summed E-state index contributed by atoms with van der Waals surface area (Å²) in [6.45, 7) is 0. The summed E-state index contributed by atoms with van der Waals surface area (Å²) in [5.74, 6) is -0.250. The second kappa shape index (κ2) is 4.46. The number of ether oxygens (including phenoxy) is 1. The molecule has 1 aliphatic rings. The van der Waals surface area contributed by atoms with Crippen molar-refractivity contribution < 1.29 is 9.53 Å². The highest BCUT2D eigenvalue weighted by Crippen LogP contribution is 2.50. The van der Waals surface area contributed by atoms with Crippen molar-refractivity contribution in [2.45, 2.75) is 5.54 Å². The van der Waals surface area contributed by atoms with Gasteiger partial charge in [0, 0.05) is 0 Å². The first kappa shape index (κ1) is 12.9. The van der Waals surface area contributed by atoms with Crippen LogP contribution in [-0.2, 0) is 15.1 Å². The molecule has 0 aliphatic heterocycles. The minimum Gasteiger partial charge on any atom is -0.467 e. The van der Waals surface area contributed by atoms with Gasteiger partial charge in [-0.15, -0.1) is 0 Å². The zero-order valence-electron chi connectivity index (χ0n) is 11.9. The molecule has 20 heavy (non-hydrogen) atoms. The number of esters is 1. The molecular weight excluding hydrogens is 250 g/mol. The van der Waals surface area contributed by atoms with Crippen LogP contribution in [0, 0.1) is 0 Å². The Labute approximate surface area is 118 Å². The van der Waals surface area contributed by atoms with E-state index in [1.165, 1.54) is 7.11 Å². The van der Waals surface area contributed by atoms with E-state index in [4.69, 9.17) is 4.74 Å². The molecule has 0 saturated heterocycles. The van der Waals surface area contributed by atoms with Crippen molar-refractivity contribution >= 4 is 5.97 Å². The number of nitrogens with zero attached hydrogens (tertiary/aromatic N) is 1. The van der Waals surface area contributed by atoms with Gasteiger partial charge in [-0.2, -0.15) is 0 Å². The fourth-order valence-corrected chi connectivity index (χ4v) is 3.24. The predicted octanol–water partition coefficient (Wildman–Crippen LogP) is 2.65. The normalized spacial score (nSPS) is 14.8. The fourth-order valence-electron chi connectivity index (χ4n) is 3.24. The Morgan fingerprint density at radius 2 is 1.40 bits per heavy atom. The molecule has 2 aromatic rings. The van der Waals surface area contributed by atoms with Crippen molar-refractivity contribution in [3.8, 4) is 11.1 Å². The Morgan fingerprint density at radius 1 is 0.950 bits per heavy atom. The molecule has 0 radical (unpaired) electrons. The zero-order chi connectivity index (χ0) is 14.3. The van der Waals surface area contributed by atoms with Gasteiger partial charge in [-0.1, -0.05) is 48.5 Å². The minimum atomic E-state index is -0.859. The Bertz CT molecular complexity index is 631. The topological polar surface area (TPSA) is 29.5 Å². The predicted molar refractivity (Wildman–Crippen MR) is 78.4 cm³/mol. The summed E-state index contributed by atoms with van der Waals surface area (Å²) in [5.41, 5.74) is 3.31. The second-order valence-corrected chi connectivity index (χ2v) is 5.19. The van der Waals surface area contributed by atoms with E-state index in [1.54, 1.807) is 0 Å². The van der Waals surface area contributed by atoms with Gasteiger partial charge in [0.2, 0.25) is 0 Å². The molecule has 0 fully saturated rings. The van der Waals surface area contributed by atoms with E-state index >= 15 is 0 Å². The average molecular weight is 267 g/mol. The molecule has 0 bridgehead atoms. The number of hydrogen-bond acceptors (Lipinski definition) is 3. The molecule has 0 spiro atoms. The maximum absolute atomic E-state index is 12.6. The van der Waals surface area contributed by atoms with Gasteiger partial charge in [-0.25, -0.2) is 4.79 Å². The summed E-state index contributed by atoms with van der Waals surface area (Å²) < 4.78 is 5.13. The lowest BCUT2D eigenvalue weighted by Crippen LogP contribution is -2.48. The Kier molecular flexibility index (Phi) is 2.87. The molecule has 0 amide bonds. The van der Waals surface area contributed by atoms with Gasteiger partial charge in [0.05, 0.1) is 7.11 Å². The van der Waals surface area contributed by atoms with Crippen LogP contribution in [0.3, 0.4) is 0 Å². The summed E-state index contributed by atoms with van der Waals surface area (Å²) >= 11 is 0. The van der Waals surface area contributed by atoms with Gasteiger partial charge in [-0.3, -0.25) is 4.90 Å². The first-order valence-electron chi connectivity index (χ1n) is 6.59. The van der Waals surface area contributed by atoms with Crippen LogP contribution < -0.4 is 0 Å². The highest BCUT2D eigenvalue weighted by Gasteiger charge is 2.51. The van der Waals surface area contributed by atoms with E-state index in [-0.39, 0.29) is 5.97 Å². The second-order valence-electron chi connectivity index (χ2n) is 5.19. The summed E-state index contributed by atoms with van der Waals surface area (Å²) in [6, 6.07) is 16.1. The summed E-state index contributed by atoms with van der Waals surface area (Å²) in [5, 5.41) is 0. The number of hydrogen-bond donors (Lipinski definition) is 0. The van der Waals surface area contributed by atoms with Gasteiger partial charge < -0.3 is 4.74 Å². The number of likely N-dealkylation sites (N-methyl/N-ethyl adjacent to an activating group) is 1. The molecule has 0 unspecified atom stereocenters. The standard InChI is InChI=1S/C17H17NO2/c1-18(2)17(16(19)20-3)14-10-6-4-8-12(14)13-9-5-7-11-15(13)17/h4-11H,1-3H3. The molecule has 3 nitrogen and oxygen atoms in total. The lowest BCUT2D eigenvalue weighted by molar-refractivity contribution is -0.151. The maximum atomic E-state index is 12.6. The SMILES string of the molecule is COC(=O)C1(N(C)C)c2ccccc2-c2ccccc21.